The second-order valence-corrected chi connectivity index (χ2v) is 6.85. The van der Waals surface area contributed by atoms with E-state index in [2.05, 4.69) is 55.0 Å². The molecule has 1 aliphatic rings. The van der Waals surface area contributed by atoms with Crippen molar-refractivity contribution in [2.24, 2.45) is 5.41 Å². The maximum Gasteiger partial charge on any atom is 0.0709 e. The first-order valence-corrected chi connectivity index (χ1v) is 8.31. The third-order valence-corrected chi connectivity index (χ3v) is 4.88. The summed E-state index contributed by atoms with van der Waals surface area (Å²) in [6.07, 6.45) is 5.15. The third kappa shape index (κ3) is 2.84. The molecule has 0 bridgehead atoms. The predicted octanol–water partition coefficient (Wildman–Crippen LogP) is 3.77. The van der Waals surface area contributed by atoms with Gasteiger partial charge in [-0.25, -0.2) is 0 Å². The molecule has 114 valence electrons. The topological polar surface area (TPSA) is 29.9 Å². The number of nitrogens with zero attached hydrogens (tertiary/aromatic N) is 2. The molecule has 0 atom stereocenters. The van der Waals surface area contributed by atoms with E-state index in [0.29, 0.717) is 11.5 Å². The van der Waals surface area contributed by atoms with E-state index in [1.807, 2.05) is 0 Å². The van der Waals surface area contributed by atoms with Crippen LogP contribution >= 0.6 is 0 Å². The molecule has 0 saturated heterocycles. The van der Waals surface area contributed by atoms with Crippen molar-refractivity contribution >= 4 is 10.9 Å². The van der Waals surface area contributed by atoms with E-state index < -0.39 is 0 Å². The highest BCUT2D eigenvalue weighted by Gasteiger charge is 2.38. The zero-order valence-electron chi connectivity index (χ0n) is 13.5. The Balaban J connectivity index is 1.86. The van der Waals surface area contributed by atoms with Crippen molar-refractivity contribution in [3.63, 3.8) is 0 Å². The lowest BCUT2D eigenvalue weighted by Crippen LogP contribution is -2.43. The van der Waals surface area contributed by atoms with Crippen molar-refractivity contribution in [2.75, 3.05) is 6.54 Å². The van der Waals surface area contributed by atoms with E-state index >= 15 is 0 Å². The number of fused-ring (bicyclic) bond motifs is 1. The van der Waals surface area contributed by atoms with Crippen molar-refractivity contribution in [2.45, 2.75) is 59.0 Å². The van der Waals surface area contributed by atoms with E-state index in [4.69, 9.17) is 5.10 Å². The van der Waals surface area contributed by atoms with Gasteiger partial charge in [-0.15, -0.1) is 0 Å². The number of hydrogen-bond acceptors (Lipinski definition) is 2. The Labute approximate surface area is 127 Å². The van der Waals surface area contributed by atoms with Crippen LogP contribution in [0.15, 0.2) is 24.3 Å². The van der Waals surface area contributed by atoms with Gasteiger partial charge in [0.1, 0.15) is 0 Å². The molecule has 0 radical (unpaired) electrons. The first-order valence-electron chi connectivity index (χ1n) is 8.31. The van der Waals surface area contributed by atoms with Crippen LogP contribution in [-0.2, 0) is 13.0 Å². The standard InChI is InChI=1S/C18H27N3/c1-4-21-17-9-6-5-8-15(17)16(20-21)12-18(10-7-11-18)13-19-14(2)3/h5-6,8-9,14,19H,4,7,10-13H2,1-3H3. The summed E-state index contributed by atoms with van der Waals surface area (Å²) in [4.78, 5) is 0. The quantitative estimate of drug-likeness (QED) is 0.875. The smallest absolute Gasteiger partial charge is 0.0709 e. The fraction of sp³-hybridized carbons (Fsp3) is 0.611. The lowest BCUT2D eigenvalue weighted by Gasteiger charge is -2.42. The van der Waals surface area contributed by atoms with Gasteiger partial charge in [0, 0.05) is 24.5 Å². The number of hydrogen-bond donors (Lipinski definition) is 1. The van der Waals surface area contributed by atoms with E-state index in [1.165, 1.54) is 35.9 Å². The molecular formula is C18H27N3. The summed E-state index contributed by atoms with van der Waals surface area (Å²) in [6.45, 7) is 8.69. The van der Waals surface area contributed by atoms with E-state index in [9.17, 15) is 0 Å². The minimum absolute atomic E-state index is 0.431. The lowest BCUT2D eigenvalue weighted by atomic mass is 9.65. The van der Waals surface area contributed by atoms with Crippen molar-refractivity contribution < 1.29 is 0 Å². The molecule has 1 N–H and O–H groups in total. The van der Waals surface area contributed by atoms with E-state index in [1.54, 1.807) is 0 Å². The normalized spacial score (nSPS) is 17.3. The van der Waals surface area contributed by atoms with E-state index in [-0.39, 0.29) is 0 Å². The Hall–Kier alpha value is -1.35. The van der Waals surface area contributed by atoms with Crippen molar-refractivity contribution in [3.8, 4) is 0 Å². The molecule has 0 amide bonds. The fourth-order valence-electron chi connectivity index (χ4n) is 3.44. The summed E-state index contributed by atoms with van der Waals surface area (Å²) in [6, 6.07) is 9.22. The van der Waals surface area contributed by atoms with Crippen LogP contribution in [0.4, 0.5) is 0 Å². The summed E-state index contributed by atoms with van der Waals surface area (Å²) in [5.41, 5.74) is 3.00. The molecule has 1 aliphatic carbocycles. The van der Waals surface area contributed by atoms with Gasteiger partial charge in [0.2, 0.25) is 0 Å². The first kappa shape index (κ1) is 14.6. The Morgan fingerprint density at radius 1 is 1.29 bits per heavy atom. The molecule has 0 spiro atoms. The molecule has 1 heterocycles. The maximum atomic E-state index is 4.89. The number of benzene rings is 1. The van der Waals surface area contributed by atoms with Gasteiger partial charge < -0.3 is 5.32 Å². The van der Waals surface area contributed by atoms with Crippen LogP contribution in [-0.4, -0.2) is 22.4 Å². The molecule has 0 unspecified atom stereocenters. The summed E-state index contributed by atoms with van der Waals surface area (Å²) >= 11 is 0. The molecule has 21 heavy (non-hydrogen) atoms. The summed E-state index contributed by atoms with van der Waals surface area (Å²) in [5.74, 6) is 0. The van der Waals surface area contributed by atoms with Crippen LogP contribution in [0.5, 0.6) is 0 Å². The predicted molar refractivity (Wildman–Crippen MR) is 88.5 cm³/mol. The largest absolute Gasteiger partial charge is 0.314 e. The van der Waals surface area contributed by atoms with Gasteiger partial charge in [-0.3, -0.25) is 4.68 Å². The first-order chi connectivity index (χ1) is 10.1. The Kier molecular flexibility index (Phi) is 4.03. The molecule has 1 saturated carbocycles. The SMILES string of the molecule is CCn1nc(CC2(CNC(C)C)CCC2)c2ccccc21. The fourth-order valence-corrected chi connectivity index (χ4v) is 3.44. The average molecular weight is 285 g/mol. The summed E-state index contributed by atoms with van der Waals surface area (Å²) < 4.78 is 2.15. The van der Waals surface area contributed by atoms with E-state index in [0.717, 1.165) is 19.5 Å². The highest BCUT2D eigenvalue weighted by molar-refractivity contribution is 5.82. The van der Waals surface area contributed by atoms with Gasteiger partial charge >= 0.3 is 0 Å². The van der Waals surface area contributed by atoms with Crippen LogP contribution in [0, 0.1) is 5.41 Å². The van der Waals surface area contributed by atoms with Gasteiger partial charge in [0.05, 0.1) is 11.2 Å². The van der Waals surface area contributed by atoms with Gasteiger partial charge in [-0.05, 0) is 37.7 Å². The average Bonchev–Trinajstić information content (AvgIpc) is 2.79. The molecule has 3 rings (SSSR count). The minimum Gasteiger partial charge on any atom is -0.314 e. The van der Waals surface area contributed by atoms with Crippen LogP contribution in [0.3, 0.4) is 0 Å². The third-order valence-electron chi connectivity index (χ3n) is 4.88. The second-order valence-electron chi connectivity index (χ2n) is 6.85. The zero-order chi connectivity index (χ0) is 14.9. The summed E-state index contributed by atoms with van der Waals surface area (Å²) in [5, 5.41) is 9.88. The highest BCUT2D eigenvalue weighted by Crippen LogP contribution is 2.44. The van der Waals surface area contributed by atoms with Crippen LogP contribution in [0.2, 0.25) is 0 Å². The van der Waals surface area contributed by atoms with Crippen LogP contribution in [0.25, 0.3) is 10.9 Å². The molecule has 1 aromatic carbocycles. The maximum absolute atomic E-state index is 4.89. The number of rotatable bonds is 6. The molecular weight excluding hydrogens is 258 g/mol. The van der Waals surface area contributed by atoms with Gasteiger partial charge in [-0.2, -0.15) is 5.10 Å². The van der Waals surface area contributed by atoms with Crippen LogP contribution < -0.4 is 5.32 Å². The Morgan fingerprint density at radius 2 is 2.05 bits per heavy atom. The molecule has 3 nitrogen and oxygen atoms in total. The molecule has 0 aliphatic heterocycles. The lowest BCUT2D eigenvalue weighted by molar-refractivity contribution is 0.125. The number of nitrogens with one attached hydrogen (secondary N) is 1. The van der Waals surface area contributed by atoms with Gasteiger partial charge in [-0.1, -0.05) is 38.5 Å². The molecule has 3 heteroatoms. The zero-order valence-corrected chi connectivity index (χ0v) is 13.5. The molecule has 2 aromatic rings. The highest BCUT2D eigenvalue weighted by atomic mass is 15.3. The Morgan fingerprint density at radius 3 is 2.67 bits per heavy atom. The van der Waals surface area contributed by atoms with Gasteiger partial charge in [0.15, 0.2) is 0 Å². The van der Waals surface area contributed by atoms with Crippen LogP contribution in [0.1, 0.15) is 45.7 Å². The monoisotopic (exact) mass is 285 g/mol. The number of aryl methyl sites for hydroxylation is 1. The van der Waals surface area contributed by atoms with Crippen molar-refractivity contribution in [1.82, 2.24) is 15.1 Å². The number of para-hydroxylation sites is 1. The Bertz CT molecular complexity index is 608. The minimum atomic E-state index is 0.431. The molecule has 1 aromatic heterocycles. The number of aromatic nitrogens is 2. The molecule has 1 fully saturated rings. The second kappa shape index (κ2) is 5.80. The summed E-state index contributed by atoms with van der Waals surface area (Å²) in [7, 11) is 0. The van der Waals surface area contributed by atoms with Gasteiger partial charge in [0.25, 0.3) is 0 Å². The van der Waals surface area contributed by atoms with Crippen molar-refractivity contribution in [1.29, 1.82) is 0 Å². The van der Waals surface area contributed by atoms with Crippen molar-refractivity contribution in [3.05, 3.63) is 30.0 Å².